The molecule has 0 radical (unpaired) electrons. The molecule has 1 amide bonds. The largest absolute Gasteiger partial charge is 0.394 e. The van der Waals surface area contributed by atoms with E-state index in [-0.39, 0.29) is 12.5 Å². The van der Waals surface area contributed by atoms with Crippen molar-refractivity contribution in [2.45, 2.75) is 296 Å². The molecule has 0 rings (SSSR count). The number of aliphatic hydroxyl groups excluding tert-OH is 2. The van der Waals surface area contributed by atoms with Crippen molar-refractivity contribution < 1.29 is 15.0 Å². The zero-order chi connectivity index (χ0) is 43.5. The average Bonchev–Trinajstić information content (AvgIpc) is 3.25. The van der Waals surface area contributed by atoms with Crippen LogP contribution in [0.4, 0.5) is 0 Å². The minimum Gasteiger partial charge on any atom is -0.394 e. The number of unbranched alkanes of at least 4 members (excludes halogenated alkanes) is 36. The molecule has 2 unspecified atom stereocenters. The van der Waals surface area contributed by atoms with E-state index in [1.807, 2.05) is 6.08 Å². The first kappa shape index (κ1) is 58.4. The Balaban J connectivity index is 3.48. The summed E-state index contributed by atoms with van der Waals surface area (Å²) >= 11 is 0. The molecule has 0 aromatic carbocycles. The first-order chi connectivity index (χ1) is 29.7. The Hall–Kier alpha value is -1.65. The number of amides is 1. The first-order valence-electron chi connectivity index (χ1n) is 26.9. The average molecular weight is 840 g/mol. The van der Waals surface area contributed by atoms with E-state index in [1.165, 1.54) is 225 Å². The monoisotopic (exact) mass is 840 g/mol. The summed E-state index contributed by atoms with van der Waals surface area (Å²) in [6, 6.07) is -0.638. The number of carbonyl (C=O) groups is 1. The molecule has 0 aliphatic rings. The number of carbonyl (C=O) groups excluding carboxylic acids is 1. The quantitative estimate of drug-likeness (QED) is 0.0422. The van der Waals surface area contributed by atoms with Gasteiger partial charge in [0.2, 0.25) is 5.91 Å². The molecular weight excluding hydrogens is 735 g/mol. The Kier molecular flexibility index (Phi) is 50.3. The Morgan fingerprint density at radius 3 is 1.07 bits per heavy atom. The number of nitrogens with one attached hydrogen (secondary N) is 1. The van der Waals surface area contributed by atoms with Crippen molar-refractivity contribution in [3.8, 4) is 0 Å². The third kappa shape index (κ3) is 47.4. The van der Waals surface area contributed by atoms with E-state index in [9.17, 15) is 15.0 Å². The lowest BCUT2D eigenvalue weighted by Gasteiger charge is -2.19. The van der Waals surface area contributed by atoms with Gasteiger partial charge in [-0.3, -0.25) is 4.79 Å². The Bertz CT molecular complexity index is 954. The third-order valence-electron chi connectivity index (χ3n) is 12.3. The van der Waals surface area contributed by atoms with Gasteiger partial charge in [0.25, 0.3) is 0 Å². The van der Waals surface area contributed by atoms with Gasteiger partial charge in [0.1, 0.15) is 0 Å². The zero-order valence-electron chi connectivity index (χ0n) is 40.5. The lowest BCUT2D eigenvalue weighted by atomic mass is 10.0. The molecule has 0 aliphatic carbocycles. The third-order valence-corrected chi connectivity index (χ3v) is 12.3. The van der Waals surface area contributed by atoms with E-state index in [2.05, 4.69) is 55.6 Å². The molecule has 352 valence electrons. The number of aliphatic hydroxyl groups is 2. The molecule has 0 aromatic heterocycles. The zero-order valence-corrected chi connectivity index (χ0v) is 40.5. The highest BCUT2D eigenvalue weighted by Crippen LogP contribution is 2.16. The minimum absolute atomic E-state index is 0.0717. The number of hydrogen-bond acceptors (Lipinski definition) is 3. The van der Waals surface area contributed by atoms with Crippen molar-refractivity contribution in [3.63, 3.8) is 0 Å². The van der Waals surface area contributed by atoms with Gasteiger partial charge in [-0.2, -0.15) is 0 Å². The normalized spacial score (nSPS) is 13.2. The Morgan fingerprint density at radius 1 is 0.400 bits per heavy atom. The van der Waals surface area contributed by atoms with Crippen LogP contribution >= 0.6 is 0 Å². The van der Waals surface area contributed by atoms with Crippen LogP contribution < -0.4 is 5.32 Å². The highest BCUT2D eigenvalue weighted by Gasteiger charge is 2.17. The van der Waals surface area contributed by atoms with Crippen LogP contribution in [0.1, 0.15) is 284 Å². The van der Waals surface area contributed by atoms with Gasteiger partial charge in [0.05, 0.1) is 18.8 Å². The van der Waals surface area contributed by atoms with Gasteiger partial charge in [-0.15, -0.1) is 0 Å². The van der Waals surface area contributed by atoms with Crippen molar-refractivity contribution in [2.75, 3.05) is 6.61 Å². The summed E-state index contributed by atoms with van der Waals surface area (Å²) in [5.74, 6) is -0.0717. The number of hydrogen-bond donors (Lipinski definition) is 3. The van der Waals surface area contributed by atoms with Gasteiger partial charge >= 0.3 is 0 Å². The topological polar surface area (TPSA) is 69.6 Å². The molecule has 4 nitrogen and oxygen atoms in total. The number of rotatable bonds is 49. The standard InChI is InChI=1S/C56H105NO3/c1-3-5-7-9-11-13-15-17-19-20-21-22-23-24-25-26-27-28-29-30-31-32-33-34-35-36-38-40-42-44-46-48-50-52-56(60)57-54(53-58)55(59)51-49-47-45-43-41-39-37-18-16-14-12-10-8-6-4-2/h21-22,24-25,41,43,49,51,54-55,58-59H,3-20,23,26-40,42,44-48,50,52-53H2,1-2H3,(H,57,60)/b22-21-,25-24-,43-41+,51-49+. The molecule has 3 N–H and O–H groups in total. The molecule has 0 saturated heterocycles. The van der Waals surface area contributed by atoms with Gasteiger partial charge in [0.15, 0.2) is 0 Å². The lowest BCUT2D eigenvalue weighted by molar-refractivity contribution is -0.123. The highest BCUT2D eigenvalue weighted by atomic mass is 16.3. The molecule has 0 aromatic rings. The fourth-order valence-corrected chi connectivity index (χ4v) is 8.17. The highest BCUT2D eigenvalue weighted by molar-refractivity contribution is 5.76. The Labute approximate surface area is 375 Å². The fourth-order valence-electron chi connectivity index (χ4n) is 8.17. The summed E-state index contributed by atoms with van der Waals surface area (Å²) < 4.78 is 0. The van der Waals surface area contributed by atoms with Gasteiger partial charge in [-0.05, 0) is 64.2 Å². The summed E-state index contributed by atoms with van der Waals surface area (Å²) in [5, 5.41) is 23.1. The van der Waals surface area contributed by atoms with Crippen LogP contribution in [0.25, 0.3) is 0 Å². The fraction of sp³-hybridized carbons (Fsp3) is 0.839. The van der Waals surface area contributed by atoms with Crippen LogP contribution in [0, 0.1) is 0 Å². The second-order valence-corrected chi connectivity index (χ2v) is 18.3. The van der Waals surface area contributed by atoms with E-state index in [1.54, 1.807) is 6.08 Å². The van der Waals surface area contributed by atoms with Gasteiger partial charge in [-0.1, -0.05) is 262 Å². The molecule has 0 heterocycles. The maximum atomic E-state index is 12.4. The van der Waals surface area contributed by atoms with Gasteiger partial charge < -0.3 is 15.5 Å². The van der Waals surface area contributed by atoms with E-state index >= 15 is 0 Å². The van der Waals surface area contributed by atoms with Crippen LogP contribution in [0.3, 0.4) is 0 Å². The smallest absolute Gasteiger partial charge is 0.220 e. The molecule has 0 spiro atoms. The summed E-state index contributed by atoms with van der Waals surface area (Å²) in [4.78, 5) is 12.4. The molecule has 2 atom stereocenters. The molecular formula is C56H105NO3. The van der Waals surface area contributed by atoms with Crippen molar-refractivity contribution in [2.24, 2.45) is 0 Å². The molecule has 0 saturated carbocycles. The summed E-state index contributed by atoms with van der Waals surface area (Å²) in [6.45, 7) is 4.31. The van der Waals surface area contributed by atoms with Crippen molar-refractivity contribution in [1.29, 1.82) is 0 Å². The van der Waals surface area contributed by atoms with E-state index in [0.717, 1.165) is 38.5 Å². The van der Waals surface area contributed by atoms with Crippen LogP contribution in [0.2, 0.25) is 0 Å². The maximum absolute atomic E-state index is 12.4. The van der Waals surface area contributed by atoms with E-state index in [0.29, 0.717) is 6.42 Å². The lowest BCUT2D eigenvalue weighted by Crippen LogP contribution is -2.45. The summed E-state index contributed by atoms with van der Waals surface area (Å²) in [5.41, 5.74) is 0. The molecule has 0 fully saturated rings. The van der Waals surface area contributed by atoms with Crippen LogP contribution in [-0.2, 0) is 4.79 Å². The molecule has 0 aliphatic heterocycles. The van der Waals surface area contributed by atoms with E-state index < -0.39 is 12.1 Å². The first-order valence-corrected chi connectivity index (χ1v) is 26.9. The second kappa shape index (κ2) is 51.7. The van der Waals surface area contributed by atoms with Gasteiger partial charge in [0, 0.05) is 6.42 Å². The number of allylic oxidation sites excluding steroid dienone is 7. The molecule has 4 heteroatoms. The SMILES string of the molecule is CCCCCCCCCCC/C=C\C/C=C\CCCCCCCCCCCCCCCCCCCC(=O)NC(CO)C(O)/C=C/CC/C=C/CCCCCCCCCCC. The summed E-state index contributed by atoms with van der Waals surface area (Å²) in [7, 11) is 0. The van der Waals surface area contributed by atoms with Crippen molar-refractivity contribution in [3.05, 3.63) is 48.6 Å². The van der Waals surface area contributed by atoms with Crippen LogP contribution in [0.15, 0.2) is 48.6 Å². The minimum atomic E-state index is -0.861. The molecule has 60 heavy (non-hydrogen) atoms. The predicted molar refractivity (Wildman–Crippen MR) is 267 cm³/mol. The molecule has 0 bridgehead atoms. The maximum Gasteiger partial charge on any atom is 0.220 e. The van der Waals surface area contributed by atoms with Gasteiger partial charge in [-0.25, -0.2) is 0 Å². The predicted octanol–water partition coefficient (Wildman–Crippen LogP) is 17.5. The van der Waals surface area contributed by atoms with Crippen molar-refractivity contribution in [1.82, 2.24) is 5.32 Å². The van der Waals surface area contributed by atoms with Crippen molar-refractivity contribution >= 4 is 5.91 Å². The summed E-state index contributed by atoms with van der Waals surface area (Å²) in [6.07, 6.45) is 71.3. The van der Waals surface area contributed by atoms with Crippen LogP contribution in [0.5, 0.6) is 0 Å². The Morgan fingerprint density at radius 2 is 0.700 bits per heavy atom. The van der Waals surface area contributed by atoms with E-state index in [4.69, 9.17) is 0 Å². The van der Waals surface area contributed by atoms with Crippen LogP contribution in [-0.4, -0.2) is 34.9 Å². The second-order valence-electron chi connectivity index (χ2n) is 18.3.